The van der Waals surface area contributed by atoms with E-state index < -0.39 is 0 Å². The number of rotatable bonds is 1. The fourth-order valence-corrected chi connectivity index (χ4v) is 3.31. The molecule has 0 saturated heterocycles. The molecule has 0 bridgehead atoms. The van der Waals surface area contributed by atoms with E-state index in [0.717, 1.165) is 11.3 Å². The normalized spacial score (nSPS) is 13.9. The monoisotopic (exact) mass is 463 g/mol. The molecule has 2 aromatic carbocycles. The van der Waals surface area contributed by atoms with Gasteiger partial charge in [-0.1, -0.05) is 55.8 Å². The van der Waals surface area contributed by atoms with Gasteiger partial charge in [-0.3, -0.25) is 0 Å². The molecule has 1 radical (unpaired) electrons. The predicted molar refractivity (Wildman–Crippen MR) is 86.1 cm³/mol. The first-order valence-electron chi connectivity index (χ1n) is 7.25. The molecule has 0 saturated carbocycles. The van der Waals surface area contributed by atoms with Crippen LogP contribution < -0.4 is 0 Å². The van der Waals surface area contributed by atoms with E-state index >= 15 is 0 Å². The van der Waals surface area contributed by atoms with Gasteiger partial charge in [-0.2, -0.15) is 0 Å². The van der Waals surface area contributed by atoms with E-state index in [9.17, 15) is 0 Å². The third kappa shape index (κ3) is 2.15. The minimum absolute atomic E-state index is 0. The molecule has 0 fully saturated rings. The first-order valence-corrected chi connectivity index (χ1v) is 7.25. The van der Waals surface area contributed by atoms with Gasteiger partial charge in [-0.25, -0.2) is 0 Å². The maximum atomic E-state index is 4.44. The summed E-state index contributed by atoms with van der Waals surface area (Å²) in [5, 5.41) is 0. The third-order valence-corrected chi connectivity index (χ3v) is 4.46. The Hall–Kier alpha value is -1.76. The van der Waals surface area contributed by atoms with Gasteiger partial charge in [0.1, 0.15) is 0 Å². The molecule has 1 aromatic heterocycles. The van der Waals surface area contributed by atoms with Crippen molar-refractivity contribution in [2.75, 3.05) is 0 Å². The van der Waals surface area contributed by atoms with Gasteiger partial charge in [-0.15, -0.1) is 29.3 Å². The summed E-state index contributed by atoms with van der Waals surface area (Å²) in [5.74, 6) is 0. The Bertz CT molecular complexity index is 822. The summed E-state index contributed by atoms with van der Waals surface area (Å²) < 4.78 is 0. The smallest absolute Gasteiger partial charge is 0.0160 e. The van der Waals surface area contributed by atoms with Crippen LogP contribution in [0.3, 0.4) is 0 Å². The Morgan fingerprint density at radius 1 is 0.909 bits per heavy atom. The number of hydrogen-bond donors (Lipinski definition) is 0. The summed E-state index contributed by atoms with van der Waals surface area (Å²) in [6.45, 7) is 4.57. The first-order chi connectivity index (χ1) is 10.2. The molecule has 0 amide bonds. The summed E-state index contributed by atoms with van der Waals surface area (Å²) in [5.41, 5.74) is 7.48. The molecule has 2 heteroatoms. The Kier molecular flexibility index (Phi) is 3.76. The molecular weight excluding hydrogens is 446 g/mol. The molecule has 4 rings (SSSR count). The van der Waals surface area contributed by atoms with E-state index in [0.29, 0.717) is 0 Å². The van der Waals surface area contributed by atoms with Crippen molar-refractivity contribution < 1.29 is 20.1 Å². The standard InChI is InChI=1S/C20H16N.Ir/c1-20(2)17-8-4-3-7-15(17)16-13-14(10-11-18(16)20)19-9-5-6-12-21-19;/h3-9,11-13H,1-2H3;/q-1;. The van der Waals surface area contributed by atoms with Crippen molar-refractivity contribution in [3.8, 4) is 22.4 Å². The second kappa shape index (κ2) is 5.46. The summed E-state index contributed by atoms with van der Waals surface area (Å²) >= 11 is 0. The molecule has 22 heavy (non-hydrogen) atoms. The maximum Gasteiger partial charge on any atom is 0.0160 e. The Morgan fingerprint density at radius 2 is 1.68 bits per heavy atom. The van der Waals surface area contributed by atoms with Gasteiger partial charge in [0, 0.05) is 26.3 Å². The van der Waals surface area contributed by atoms with Crippen LogP contribution in [-0.2, 0) is 25.5 Å². The molecule has 3 aromatic rings. The minimum Gasteiger partial charge on any atom is -0.305 e. The molecule has 0 spiro atoms. The van der Waals surface area contributed by atoms with Gasteiger partial charge < -0.3 is 4.98 Å². The van der Waals surface area contributed by atoms with Crippen molar-refractivity contribution in [2.45, 2.75) is 19.3 Å². The fraction of sp³-hybridized carbons (Fsp3) is 0.150. The molecular formula is C20H16IrN-. The van der Waals surface area contributed by atoms with E-state index in [1.165, 1.54) is 22.3 Å². The van der Waals surface area contributed by atoms with E-state index in [-0.39, 0.29) is 25.5 Å². The summed E-state index contributed by atoms with van der Waals surface area (Å²) in [7, 11) is 0. The largest absolute Gasteiger partial charge is 0.305 e. The van der Waals surface area contributed by atoms with Gasteiger partial charge >= 0.3 is 0 Å². The summed E-state index contributed by atoms with van der Waals surface area (Å²) in [6.07, 6.45) is 1.83. The number of hydrogen-bond acceptors (Lipinski definition) is 1. The second-order valence-electron chi connectivity index (χ2n) is 6.06. The topological polar surface area (TPSA) is 12.9 Å². The van der Waals surface area contributed by atoms with Crippen LogP contribution in [0.4, 0.5) is 0 Å². The molecule has 0 aliphatic heterocycles. The van der Waals surface area contributed by atoms with Crippen molar-refractivity contribution in [1.82, 2.24) is 4.98 Å². The number of aromatic nitrogens is 1. The first kappa shape index (κ1) is 15.1. The van der Waals surface area contributed by atoms with E-state index in [2.05, 4.69) is 61.3 Å². The summed E-state index contributed by atoms with van der Waals surface area (Å²) in [4.78, 5) is 4.44. The zero-order valence-electron chi connectivity index (χ0n) is 12.6. The SMILES string of the molecule is CC1(C)c2c[c-]c(-c3ccccn3)cc2-c2ccccc21.[Ir]. The molecule has 1 aliphatic carbocycles. The molecule has 1 heterocycles. The number of benzene rings is 2. The zero-order valence-corrected chi connectivity index (χ0v) is 14.9. The third-order valence-electron chi connectivity index (χ3n) is 4.46. The quantitative estimate of drug-likeness (QED) is 0.471. The van der Waals surface area contributed by atoms with Crippen LogP contribution in [0.15, 0.2) is 60.8 Å². The molecule has 0 N–H and O–H groups in total. The van der Waals surface area contributed by atoms with Crippen molar-refractivity contribution in [1.29, 1.82) is 0 Å². The average molecular weight is 463 g/mol. The Labute approximate surface area is 144 Å². The van der Waals surface area contributed by atoms with Crippen molar-refractivity contribution in [2.24, 2.45) is 0 Å². The van der Waals surface area contributed by atoms with Crippen LogP contribution >= 0.6 is 0 Å². The van der Waals surface area contributed by atoms with Crippen molar-refractivity contribution in [3.05, 3.63) is 78.0 Å². The van der Waals surface area contributed by atoms with Crippen molar-refractivity contribution in [3.63, 3.8) is 0 Å². The van der Waals surface area contributed by atoms with Gasteiger partial charge in [0.05, 0.1) is 0 Å². The Morgan fingerprint density at radius 3 is 2.45 bits per heavy atom. The van der Waals surface area contributed by atoms with Crippen LogP contribution in [0.25, 0.3) is 22.4 Å². The van der Waals surface area contributed by atoms with Crippen LogP contribution in [0, 0.1) is 6.07 Å². The zero-order chi connectivity index (χ0) is 14.4. The van der Waals surface area contributed by atoms with Crippen LogP contribution in [-0.4, -0.2) is 4.98 Å². The van der Waals surface area contributed by atoms with Crippen LogP contribution in [0.5, 0.6) is 0 Å². The molecule has 0 unspecified atom stereocenters. The van der Waals surface area contributed by atoms with Gasteiger partial charge in [0.25, 0.3) is 0 Å². The maximum absolute atomic E-state index is 4.44. The molecule has 1 nitrogen and oxygen atoms in total. The Balaban J connectivity index is 0.00000144. The van der Waals surface area contributed by atoms with Crippen molar-refractivity contribution >= 4 is 0 Å². The predicted octanol–water partition coefficient (Wildman–Crippen LogP) is 4.85. The summed E-state index contributed by atoms with van der Waals surface area (Å²) in [6, 6.07) is 22.4. The molecule has 1 aliphatic rings. The number of pyridine rings is 1. The van der Waals surface area contributed by atoms with E-state index in [4.69, 9.17) is 0 Å². The average Bonchev–Trinajstić information content (AvgIpc) is 2.77. The van der Waals surface area contributed by atoms with E-state index in [1.54, 1.807) is 0 Å². The van der Waals surface area contributed by atoms with Crippen LogP contribution in [0.2, 0.25) is 0 Å². The fourth-order valence-electron chi connectivity index (χ4n) is 3.31. The second-order valence-corrected chi connectivity index (χ2v) is 6.06. The van der Waals surface area contributed by atoms with Gasteiger partial charge in [-0.05, 0) is 28.3 Å². The van der Waals surface area contributed by atoms with Gasteiger partial charge in [0.2, 0.25) is 0 Å². The van der Waals surface area contributed by atoms with Gasteiger partial charge in [0.15, 0.2) is 0 Å². The van der Waals surface area contributed by atoms with Crippen LogP contribution in [0.1, 0.15) is 25.0 Å². The number of fused-ring (bicyclic) bond motifs is 3. The number of nitrogens with zero attached hydrogens (tertiary/aromatic N) is 1. The molecule has 0 atom stereocenters. The minimum atomic E-state index is 0. The van der Waals surface area contributed by atoms with E-state index in [1.807, 2.05) is 24.4 Å². The molecule has 111 valence electrons.